The van der Waals surface area contributed by atoms with Crippen molar-refractivity contribution in [2.75, 3.05) is 7.11 Å². The smallest absolute Gasteiger partial charge is 0.330 e. The van der Waals surface area contributed by atoms with Crippen LogP contribution in [0.4, 0.5) is 0 Å². The number of rotatable bonds is 2. The van der Waals surface area contributed by atoms with E-state index in [1.165, 1.54) is 13.2 Å². The molecule has 0 heterocycles. The second-order valence-corrected chi connectivity index (χ2v) is 3.17. The fourth-order valence-corrected chi connectivity index (χ4v) is 1.33. The number of carbonyl (C=O) groups excluding carboxylic acids is 1. The van der Waals surface area contributed by atoms with Gasteiger partial charge in [0.1, 0.15) is 0 Å². The van der Waals surface area contributed by atoms with Gasteiger partial charge in [0, 0.05) is 6.08 Å². The summed E-state index contributed by atoms with van der Waals surface area (Å²) in [6, 6.07) is 7.94. The molecule has 1 rings (SSSR count). The molecule has 2 heteroatoms. The molecule has 0 saturated carbocycles. The predicted octanol–water partition coefficient (Wildman–Crippen LogP) is 2.57. The first-order chi connectivity index (χ1) is 6.65. The predicted molar refractivity (Wildman–Crippen MR) is 56.8 cm³/mol. The average Bonchev–Trinajstić information content (AvgIpc) is 2.18. The number of ether oxygens (including phenoxy) is 1. The monoisotopic (exact) mass is 190 g/mol. The molecule has 0 aromatic heterocycles. The first kappa shape index (κ1) is 10.5. The van der Waals surface area contributed by atoms with E-state index in [0.717, 1.165) is 16.7 Å². The molecule has 1 aromatic rings. The van der Waals surface area contributed by atoms with Crippen LogP contribution in [0.1, 0.15) is 18.1 Å². The number of hydrogen-bond donors (Lipinski definition) is 0. The normalized spacial score (nSPS) is 11.2. The number of aryl methyl sites for hydroxylation is 1. The number of esters is 1. The quantitative estimate of drug-likeness (QED) is 0.529. The Bertz CT molecular complexity index is 364. The molecule has 0 N–H and O–H groups in total. The number of benzene rings is 1. The van der Waals surface area contributed by atoms with Crippen molar-refractivity contribution in [3.05, 3.63) is 41.5 Å². The Morgan fingerprint density at radius 1 is 1.36 bits per heavy atom. The number of hydrogen-bond acceptors (Lipinski definition) is 2. The lowest BCUT2D eigenvalue weighted by Crippen LogP contribution is -1.96. The van der Waals surface area contributed by atoms with E-state index in [1.807, 2.05) is 38.1 Å². The lowest BCUT2D eigenvalue weighted by Gasteiger charge is -2.04. The van der Waals surface area contributed by atoms with Crippen LogP contribution in [0, 0.1) is 6.92 Å². The topological polar surface area (TPSA) is 26.3 Å². The highest BCUT2D eigenvalue weighted by molar-refractivity contribution is 5.91. The van der Waals surface area contributed by atoms with Gasteiger partial charge in [-0.2, -0.15) is 0 Å². The molecule has 0 aliphatic rings. The Labute approximate surface area is 84.2 Å². The molecule has 0 atom stereocenters. The van der Waals surface area contributed by atoms with E-state index in [2.05, 4.69) is 4.74 Å². The zero-order valence-electron chi connectivity index (χ0n) is 8.70. The lowest BCUT2D eigenvalue weighted by atomic mass is 10.0. The summed E-state index contributed by atoms with van der Waals surface area (Å²) in [7, 11) is 1.38. The Balaban J connectivity index is 3.00. The van der Waals surface area contributed by atoms with E-state index in [1.54, 1.807) is 0 Å². The Morgan fingerprint density at radius 3 is 2.57 bits per heavy atom. The minimum absolute atomic E-state index is 0.314. The Morgan fingerprint density at radius 2 is 2.00 bits per heavy atom. The van der Waals surface area contributed by atoms with Gasteiger partial charge in [-0.15, -0.1) is 0 Å². The maximum absolute atomic E-state index is 11.0. The van der Waals surface area contributed by atoms with Crippen molar-refractivity contribution in [3.63, 3.8) is 0 Å². The third-order valence-corrected chi connectivity index (χ3v) is 2.11. The molecule has 0 spiro atoms. The summed E-state index contributed by atoms with van der Waals surface area (Å²) in [5, 5.41) is 0. The summed E-state index contributed by atoms with van der Waals surface area (Å²) >= 11 is 0. The molecule has 0 fully saturated rings. The van der Waals surface area contributed by atoms with Crippen molar-refractivity contribution in [3.8, 4) is 0 Å². The van der Waals surface area contributed by atoms with E-state index < -0.39 is 0 Å². The lowest BCUT2D eigenvalue weighted by molar-refractivity contribution is -0.134. The molecule has 0 radical (unpaired) electrons. The fraction of sp³-hybridized carbons (Fsp3) is 0.250. The van der Waals surface area contributed by atoms with Crippen molar-refractivity contribution < 1.29 is 9.53 Å². The van der Waals surface area contributed by atoms with Gasteiger partial charge in [-0.1, -0.05) is 24.3 Å². The van der Waals surface area contributed by atoms with Crippen LogP contribution in [-0.4, -0.2) is 13.1 Å². The molecule has 0 unspecified atom stereocenters. The van der Waals surface area contributed by atoms with Gasteiger partial charge >= 0.3 is 5.97 Å². The third kappa shape index (κ3) is 2.46. The molecule has 2 nitrogen and oxygen atoms in total. The molecule has 0 aliphatic heterocycles. The molecule has 0 bridgehead atoms. The van der Waals surface area contributed by atoms with E-state index in [9.17, 15) is 4.79 Å². The summed E-state index contributed by atoms with van der Waals surface area (Å²) in [4.78, 5) is 11.0. The van der Waals surface area contributed by atoms with Crippen LogP contribution >= 0.6 is 0 Å². The van der Waals surface area contributed by atoms with Crippen LogP contribution in [0.5, 0.6) is 0 Å². The molecular weight excluding hydrogens is 176 g/mol. The van der Waals surface area contributed by atoms with Gasteiger partial charge in [-0.05, 0) is 30.5 Å². The van der Waals surface area contributed by atoms with Gasteiger partial charge in [0.05, 0.1) is 7.11 Å². The Hall–Kier alpha value is -1.57. The SMILES string of the molecule is COC(=O)/C=C(\C)c1ccccc1C. The molecule has 14 heavy (non-hydrogen) atoms. The maximum Gasteiger partial charge on any atom is 0.330 e. The van der Waals surface area contributed by atoms with Gasteiger partial charge in [0.25, 0.3) is 0 Å². The third-order valence-electron chi connectivity index (χ3n) is 2.11. The highest BCUT2D eigenvalue weighted by atomic mass is 16.5. The average molecular weight is 190 g/mol. The molecule has 74 valence electrons. The second kappa shape index (κ2) is 4.61. The number of allylic oxidation sites excluding steroid dienone is 1. The van der Waals surface area contributed by atoms with Crippen LogP contribution < -0.4 is 0 Å². The van der Waals surface area contributed by atoms with Crippen molar-refractivity contribution >= 4 is 11.5 Å². The van der Waals surface area contributed by atoms with E-state index in [-0.39, 0.29) is 5.97 Å². The maximum atomic E-state index is 11.0. The molecule has 0 saturated heterocycles. The van der Waals surface area contributed by atoms with E-state index in [0.29, 0.717) is 0 Å². The van der Waals surface area contributed by atoms with Gasteiger partial charge in [-0.25, -0.2) is 4.79 Å². The van der Waals surface area contributed by atoms with Gasteiger partial charge in [-0.3, -0.25) is 0 Å². The number of carbonyl (C=O) groups is 1. The van der Waals surface area contributed by atoms with Gasteiger partial charge in [0.2, 0.25) is 0 Å². The molecule has 0 amide bonds. The van der Waals surface area contributed by atoms with Crippen LogP contribution in [0.25, 0.3) is 5.57 Å². The second-order valence-electron chi connectivity index (χ2n) is 3.17. The highest BCUT2D eigenvalue weighted by Gasteiger charge is 2.01. The molecular formula is C12H14O2. The van der Waals surface area contributed by atoms with Crippen LogP contribution in [0.15, 0.2) is 30.3 Å². The van der Waals surface area contributed by atoms with Crippen molar-refractivity contribution in [2.45, 2.75) is 13.8 Å². The zero-order valence-corrected chi connectivity index (χ0v) is 8.70. The van der Waals surface area contributed by atoms with Crippen LogP contribution in [-0.2, 0) is 9.53 Å². The zero-order chi connectivity index (χ0) is 10.6. The van der Waals surface area contributed by atoms with Crippen molar-refractivity contribution in [2.24, 2.45) is 0 Å². The standard InChI is InChI=1S/C12H14O2/c1-9-6-4-5-7-11(9)10(2)8-12(13)14-3/h4-8H,1-3H3/b10-8+. The molecule has 1 aromatic carbocycles. The van der Waals surface area contributed by atoms with E-state index >= 15 is 0 Å². The number of methoxy groups -OCH3 is 1. The van der Waals surface area contributed by atoms with Gasteiger partial charge < -0.3 is 4.74 Å². The first-order valence-electron chi connectivity index (χ1n) is 4.47. The van der Waals surface area contributed by atoms with Crippen molar-refractivity contribution in [1.82, 2.24) is 0 Å². The summed E-state index contributed by atoms with van der Waals surface area (Å²) in [6.45, 7) is 3.92. The fourth-order valence-electron chi connectivity index (χ4n) is 1.33. The van der Waals surface area contributed by atoms with Crippen LogP contribution in [0.3, 0.4) is 0 Å². The Kier molecular flexibility index (Phi) is 3.46. The summed E-state index contributed by atoms with van der Waals surface area (Å²) in [6.07, 6.45) is 1.50. The summed E-state index contributed by atoms with van der Waals surface area (Å²) in [5.41, 5.74) is 3.16. The minimum atomic E-state index is -0.314. The largest absolute Gasteiger partial charge is 0.466 e. The van der Waals surface area contributed by atoms with Crippen LogP contribution in [0.2, 0.25) is 0 Å². The van der Waals surface area contributed by atoms with Gasteiger partial charge in [0.15, 0.2) is 0 Å². The van der Waals surface area contributed by atoms with Crippen molar-refractivity contribution in [1.29, 1.82) is 0 Å². The minimum Gasteiger partial charge on any atom is -0.466 e. The van der Waals surface area contributed by atoms with E-state index in [4.69, 9.17) is 0 Å². The highest BCUT2D eigenvalue weighted by Crippen LogP contribution is 2.17. The summed E-state index contributed by atoms with van der Waals surface area (Å²) < 4.78 is 4.57. The molecule has 0 aliphatic carbocycles. The first-order valence-corrected chi connectivity index (χ1v) is 4.47. The summed E-state index contributed by atoms with van der Waals surface area (Å²) in [5.74, 6) is -0.314.